The normalized spacial score (nSPS) is 10.8. The lowest BCUT2D eigenvalue weighted by atomic mass is 10.1. The molecule has 0 unspecified atom stereocenters. The zero-order valence-electron chi connectivity index (χ0n) is 14.1. The number of anilines is 1. The molecule has 6 nitrogen and oxygen atoms in total. The lowest BCUT2D eigenvalue weighted by Gasteiger charge is -2.00. The number of hydrogen-bond acceptors (Lipinski definition) is 5. The van der Waals surface area contributed by atoms with Crippen LogP contribution in [-0.4, -0.2) is 17.9 Å². The quantitative estimate of drug-likeness (QED) is 0.319. The van der Waals surface area contributed by atoms with Gasteiger partial charge in [-0.2, -0.15) is 5.10 Å². The minimum Gasteiger partial charge on any atom is -0.455 e. The Bertz CT molecular complexity index is 955. The van der Waals surface area contributed by atoms with Crippen molar-refractivity contribution < 1.29 is 14.0 Å². The number of nitrogens with one attached hydrogen (secondary N) is 1. The third-order valence-electron chi connectivity index (χ3n) is 3.73. The second-order valence-corrected chi connectivity index (χ2v) is 5.66. The van der Waals surface area contributed by atoms with E-state index >= 15 is 0 Å². The summed E-state index contributed by atoms with van der Waals surface area (Å²) in [6.45, 7) is 1.52. The van der Waals surface area contributed by atoms with Crippen LogP contribution in [0.4, 0.5) is 5.69 Å². The fourth-order valence-corrected chi connectivity index (χ4v) is 2.30. The van der Waals surface area contributed by atoms with Gasteiger partial charge in [-0.15, -0.1) is 0 Å². The molecule has 3 N–H and O–H groups in total. The molecule has 0 aliphatic carbocycles. The fraction of sp³-hybridized carbons (Fsp3) is 0.0500. The monoisotopic (exact) mass is 347 g/mol. The predicted molar refractivity (Wildman–Crippen MR) is 100 cm³/mol. The number of ketones is 1. The van der Waals surface area contributed by atoms with Crippen LogP contribution in [0.2, 0.25) is 0 Å². The van der Waals surface area contributed by atoms with E-state index in [-0.39, 0.29) is 11.7 Å². The standard InChI is InChI=1S/C20H17N3O3/c1-13(24)14-2-4-15(5-3-14)19-11-10-18(26-19)12-22-23-20(25)16-6-8-17(21)9-7-16/h2-12H,21H2,1H3,(H,23,25). The minimum atomic E-state index is -0.340. The van der Waals surface area contributed by atoms with Gasteiger partial charge in [0.05, 0.1) is 6.21 Å². The molecule has 3 aromatic rings. The van der Waals surface area contributed by atoms with Gasteiger partial charge in [-0.05, 0) is 43.3 Å². The Morgan fingerprint density at radius 1 is 0.962 bits per heavy atom. The number of carbonyl (C=O) groups is 2. The number of nitrogens with zero attached hydrogens (tertiary/aromatic N) is 1. The molecule has 26 heavy (non-hydrogen) atoms. The summed E-state index contributed by atoms with van der Waals surface area (Å²) in [5.74, 6) is 0.813. The van der Waals surface area contributed by atoms with Crippen molar-refractivity contribution in [3.05, 3.63) is 77.6 Å². The summed E-state index contributed by atoms with van der Waals surface area (Å²) in [5.41, 5.74) is 10.6. The first-order valence-corrected chi connectivity index (χ1v) is 7.93. The third kappa shape index (κ3) is 4.05. The average molecular weight is 347 g/mol. The van der Waals surface area contributed by atoms with Crippen molar-refractivity contribution in [3.8, 4) is 11.3 Å². The number of nitrogen functional groups attached to an aromatic ring is 1. The van der Waals surface area contributed by atoms with Crippen LogP contribution in [-0.2, 0) is 0 Å². The Morgan fingerprint density at radius 3 is 2.27 bits per heavy atom. The van der Waals surface area contributed by atoms with Crippen molar-refractivity contribution in [2.75, 3.05) is 5.73 Å². The maximum absolute atomic E-state index is 11.9. The summed E-state index contributed by atoms with van der Waals surface area (Å²) in [6, 6.07) is 17.2. The van der Waals surface area contributed by atoms with Crippen LogP contribution in [0.1, 0.15) is 33.4 Å². The Morgan fingerprint density at radius 2 is 1.62 bits per heavy atom. The predicted octanol–water partition coefficient (Wildman–Crippen LogP) is 3.50. The van der Waals surface area contributed by atoms with Crippen LogP contribution >= 0.6 is 0 Å². The molecule has 6 heteroatoms. The molecule has 0 fully saturated rings. The van der Waals surface area contributed by atoms with Gasteiger partial charge in [0.15, 0.2) is 5.78 Å². The summed E-state index contributed by atoms with van der Waals surface area (Å²) < 4.78 is 5.67. The first-order chi connectivity index (χ1) is 12.5. The smallest absolute Gasteiger partial charge is 0.271 e. The molecule has 0 aliphatic heterocycles. The summed E-state index contributed by atoms with van der Waals surface area (Å²) in [4.78, 5) is 23.2. The number of amides is 1. The van der Waals surface area contributed by atoms with E-state index in [2.05, 4.69) is 10.5 Å². The Labute approximate surface area is 150 Å². The number of hydrogen-bond donors (Lipinski definition) is 2. The molecule has 0 saturated carbocycles. The van der Waals surface area contributed by atoms with E-state index in [4.69, 9.17) is 10.2 Å². The molecule has 2 aromatic carbocycles. The Balaban J connectivity index is 1.64. The zero-order chi connectivity index (χ0) is 18.5. The van der Waals surface area contributed by atoms with Gasteiger partial charge in [0.1, 0.15) is 11.5 Å². The van der Waals surface area contributed by atoms with Gasteiger partial charge in [-0.3, -0.25) is 9.59 Å². The van der Waals surface area contributed by atoms with Crippen molar-refractivity contribution in [1.82, 2.24) is 5.43 Å². The zero-order valence-corrected chi connectivity index (χ0v) is 14.1. The lowest BCUT2D eigenvalue weighted by Crippen LogP contribution is -2.17. The average Bonchev–Trinajstić information content (AvgIpc) is 3.11. The number of benzene rings is 2. The van der Waals surface area contributed by atoms with E-state index in [0.29, 0.717) is 28.3 Å². The second-order valence-electron chi connectivity index (χ2n) is 5.66. The van der Waals surface area contributed by atoms with Gasteiger partial charge in [0, 0.05) is 22.4 Å². The molecular formula is C20H17N3O3. The highest BCUT2D eigenvalue weighted by atomic mass is 16.3. The number of nitrogens with two attached hydrogens (primary N) is 1. The lowest BCUT2D eigenvalue weighted by molar-refractivity contribution is 0.0954. The van der Waals surface area contributed by atoms with Crippen LogP contribution in [0.25, 0.3) is 11.3 Å². The number of furan rings is 1. The molecule has 1 heterocycles. The maximum atomic E-state index is 11.9. The van der Waals surface area contributed by atoms with Crippen molar-refractivity contribution in [2.24, 2.45) is 5.10 Å². The van der Waals surface area contributed by atoms with Crippen LogP contribution in [0, 0.1) is 0 Å². The molecule has 0 bridgehead atoms. The third-order valence-corrected chi connectivity index (χ3v) is 3.73. The van der Waals surface area contributed by atoms with Crippen LogP contribution < -0.4 is 11.2 Å². The molecule has 130 valence electrons. The molecule has 0 radical (unpaired) electrons. The highest BCUT2D eigenvalue weighted by Gasteiger charge is 2.06. The molecule has 1 aromatic heterocycles. The summed E-state index contributed by atoms with van der Waals surface area (Å²) in [5, 5.41) is 3.89. The second kappa shape index (κ2) is 7.48. The fourth-order valence-electron chi connectivity index (χ4n) is 2.30. The van der Waals surface area contributed by atoms with E-state index in [1.165, 1.54) is 13.1 Å². The topological polar surface area (TPSA) is 97.7 Å². The molecule has 0 saturated heterocycles. The van der Waals surface area contributed by atoms with Gasteiger partial charge < -0.3 is 10.2 Å². The van der Waals surface area contributed by atoms with Crippen molar-refractivity contribution in [2.45, 2.75) is 6.92 Å². The Hall–Kier alpha value is -3.67. The summed E-state index contributed by atoms with van der Waals surface area (Å²) in [6.07, 6.45) is 1.42. The maximum Gasteiger partial charge on any atom is 0.271 e. The molecule has 1 amide bonds. The van der Waals surface area contributed by atoms with Crippen LogP contribution in [0.3, 0.4) is 0 Å². The van der Waals surface area contributed by atoms with E-state index < -0.39 is 0 Å². The van der Waals surface area contributed by atoms with Gasteiger partial charge in [-0.25, -0.2) is 5.43 Å². The van der Waals surface area contributed by atoms with Gasteiger partial charge in [0.25, 0.3) is 5.91 Å². The van der Waals surface area contributed by atoms with Crippen molar-refractivity contribution >= 4 is 23.6 Å². The van der Waals surface area contributed by atoms with Crippen molar-refractivity contribution in [3.63, 3.8) is 0 Å². The van der Waals surface area contributed by atoms with Crippen LogP contribution in [0.5, 0.6) is 0 Å². The highest BCUT2D eigenvalue weighted by Crippen LogP contribution is 2.22. The van der Waals surface area contributed by atoms with Crippen molar-refractivity contribution in [1.29, 1.82) is 0 Å². The summed E-state index contributed by atoms with van der Waals surface area (Å²) in [7, 11) is 0. The molecule has 0 atom stereocenters. The Kier molecular flexibility index (Phi) is 4.94. The summed E-state index contributed by atoms with van der Waals surface area (Å²) >= 11 is 0. The number of carbonyl (C=O) groups excluding carboxylic acids is 2. The number of rotatable bonds is 5. The van der Waals surface area contributed by atoms with E-state index in [0.717, 1.165) is 5.56 Å². The highest BCUT2D eigenvalue weighted by molar-refractivity contribution is 5.95. The van der Waals surface area contributed by atoms with Gasteiger partial charge in [0.2, 0.25) is 0 Å². The molecule has 3 rings (SSSR count). The number of hydrazone groups is 1. The van der Waals surface area contributed by atoms with E-state index in [1.54, 1.807) is 48.5 Å². The number of Topliss-reactive ketones (excluding diaryl/α,β-unsaturated/α-hetero) is 1. The SMILES string of the molecule is CC(=O)c1ccc(-c2ccc(C=NNC(=O)c3ccc(N)cc3)o2)cc1. The largest absolute Gasteiger partial charge is 0.455 e. The van der Waals surface area contributed by atoms with Gasteiger partial charge >= 0.3 is 0 Å². The first-order valence-electron chi connectivity index (χ1n) is 7.93. The van der Waals surface area contributed by atoms with Gasteiger partial charge in [-0.1, -0.05) is 24.3 Å². The van der Waals surface area contributed by atoms with E-state index in [9.17, 15) is 9.59 Å². The first kappa shape index (κ1) is 17.2. The molecule has 0 spiro atoms. The molecule has 0 aliphatic rings. The van der Waals surface area contributed by atoms with E-state index in [1.807, 2.05) is 12.1 Å². The van der Waals surface area contributed by atoms with Crippen LogP contribution in [0.15, 0.2) is 70.2 Å². The minimum absolute atomic E-state index is 0.0145. The molecular weight excluding hydrogens is 330 g/mol.